The van der Waals surface area contributed by atoms with E-state index in [9.17, 15) is 19.2 Å². The number of hydrogen-bond donors (Lipinski definition) is 5. The molecule has 1 saturated heterocycles. The second-order valence-electron chi connectivity index (χ2n) is 13.2. The standard InChI is InChI=1S/C18H21NO3.C13H18O2.C4H6O6.2H2O/c1-19-8-7-18-11-4-5-13(20)17(18)22-16-14(21-2)6-3-10(15(16)18)9-12(11)19;1-9(2)8-11-4-6-12(7-5-11)10(3)13(14)15;5-1(3(7)8)2(6)4(9)10;;/h3,6,11-12,17H,4-5,7-9H2,1-2H3;4-7,9-10H,8H2,1-3H3,(H,14,15);1-2,5-6H,(H,7,8)(H,9,10);2*1H2/t11-,12+,17-,18-;;1-,2-;;/m0.1../s1. The van der Waals surface area contributed by atoms with Crippen molar-refractivity contribution in [1.82, 2.24) is 4.90 Å². The summed E-state index contributed by atoms with van der Waals surface area (Å²) in [7, 11) is 3.91. The normalized spacial score (nSPS) is 24.4. The SMILES string of the molecule is CC(C)Cc1ccc(C(C)C(=O)O)cc1.COc1ccc2c3c1O[C@H]1C(=O)CC[C@H]4[C@@H](C2)N(C)CC[C@]314.O.O.O=C(O)[C@H](O)[C@@H](O)C(=O)O. The molecule has 2 aromatic rings. The molecule has 0 amide bonds. The lowest BCUT2D eigenvalue weighted by Crippen LogP contribution is -2.65. The molecule has 0 radical (unpaired) electrons. The number of carboxylic acids is 3. The number of methoxy groups -OCH3 is 1. The fourth-order valence-electron chi connectivity index (χ4n) is 7.50. The van der Waals surface area contributed by atoms with Gasteiger partial charge in [-0.25, -0.2) is 9.59 Å². The molecule has 2 heterocycles. The number of carboxylic acid groups (broad SMARTS) is 3. The van der Waals surface area contributed by atoms with E-state index >= 15 is 0 Å². The quantitative estimate of drug-likeness (QED) is 0.262. The number of ketones is 1. The van der Waals surface area contributed by atoms with Crippen LogP contribution in [0.4, 0.5) is 0 Å². The van der Waals surface area contributed by atoms with Crippen molar-refractivity contribution in [3.05, 3.63) is 58.7 Å². The van der Waals surface area contributed by atoms with Gasteiger partial charge in [0.25, 0.3) is 0 Å². The molecule has 0 aromatic heterocycles. The minimum atomic E-state index is -2.27. The van der Waals surface area contributed by atoms with Crippen LogP contribution >= 0.6 is 0 Å². The number of piperidine rings is 1. The molecule has 1 spiro atoms. The molecule has 6 rings (SSSR count). The van der Waals surface area contributed by atoms with Gasteiger partial charge in [0.2, 0.25) is 0 Å². The second kappa shape index (κ2) is 16.5. The fourth-order valence-corrected chi connectivity index (χ4v) is 7.50. The van der Waals surface area contributed by atoms with Gasteiger partial charge in [0.1, 0.15) is 0 Å². The summed E-state index contributed by atoms with van der Waals surface area (Å²) in [6.45, 7) is 7.10. The van der Waals surface area contributed by atoms with Gasteiger partial charge in [-0.1, -0.05) is 44.2 Å². The van der Waals surface area contributed by atoms with E-state index in [-0.39, 0.29) is 28.3 Å². The number of likely N-dealkylation sites (N-methyl/N-ethyl adjacent to an activating group) is 1. The summed E-state index contributed by atoms with van der Waals surface area (Å²) < 4.78 is 11.8. The summed E-state index contributed by atoms with van der Waals surface area (Å²) in [5.41, 5.74) is 4.71. The van der Waals surface area contributed by atoms with Crippen LogP contribution in [0.1, 0.15) is 68.2 Å². The molecule has 9 N–H and O–H groups in total. The highest BCUT2D eigenvalue weighted by molar-refractivity contribution is 5.89. The molecular weight excluding hydrogens is 642 g/mol. The third-order valence-electron chi connectivity index (χ3n) is 9.89. The first-order valence-corrected chi connectivity index (χ1v) is 15.9. The van der Waals surface area contributed by atoms with Gasteiger partial charge in [0.05, 0.1) is 13.0 Å². The molecule has 2 aliphatic carbocycles. The Morgan fingerprint density at radius 3 is 2.06 bits per heavy atom. The lowest BCUT2D eigenvalue weighted by atomic mass is 9.52. The Balaban J connectivity index is 0.000000272. The lowest BCUT2D eigenvalue weighted by molar-refractivity contribution is -0.165. The molecule has 7 atom stereocenters. The average Bonchev–Trinajstić information content (AvgIpc) is 3.39. The van der Waals surface area contributed by atoms with Gasteiger partial charge in [-0.2, -0.15) is 0 Å². The van der Waals surface area contributed by atoms with Crippen LogP contribution in [0, 0.1) is 11.8 Å². The van der Waals surface area contributed by atoms with E-state index in [1.165, 1.54) is 16.7 Å². The van der Waals surface area contributed by atoms with Crippen LogP contribution in [0.3, 0.4) is 0 Å². The lowest BCUT2D eigenvalue weighted by Gasteiger charge is -2.57. The van der Waals surface area contributed by atoms with E-state index in [2.05, 4.69) is 31.9 Å². The number of ether oxygens (including phenoxy) is 2. The van der Waals surface area contributed by atoms with Crippen LogP contribution in [0.5, 0.6) is 11.5 Å². The molecular formula is C35H49NO13. The van der Waals surface area contributed by atoms with Gasteiger partial charge < -0.3 is 50.9 Å². The van der Waals surface area contributed by atoms with Gasteiger partial charge in [-0.3, -0.25) is 9.59 Å². The maximum atomic E-state index is 12.6. The van der Waals surface area contributed by atoms with Crippen molar-refractivity contribution in [3.8, 4) is 11.5 Å². The Morgan fingerprint density at radius 2 is 1.55 bits per heavy atom. The van der Waals surface area contributed by atoms with Crippen molar-refractivity contribution in [2.24, 2.45) is 11.8 Å². The molecule has 1 unspecified atom stereocenters. The molecule has 4 aliphatic rings. The summed E-state index contributed by atoms with van der Waals surface area (Å²) in [6, 6.07) is 12.6. The Kier molecular flexibility index (Phi) is 13.9. The first-order chi connectivity index (χ1) is 22.1. The van der Waals surface area contributed by atoms with E-state index in [1.54, 1.807) is 14.0 Å². The first kappa shape index (κ1) is 41.1. The van der Waals surface area contributed by atoms with Crippen molar-refractivity contribution >= 4 is 23.7 Å². The number of rotatable bonds is 8. The number of aliphatic carboxylic acids is 3. The van der Waals surface area contributed by atoms with Crippen LogP contribution in [-0.4, -0.2) is 110 Å². The molecule has 272 valence electrons. The van der Waals surface area contributed by atoms with E-state index in [4.69, 9.17) is 35.0 Å². The highest BCUT2D eigenvalue weighted by Crippen LogP contribution is 2.63. The minimum absolute atomic E-state index is 0. The summed E-state index contributed by atoms with van der Waals surface area (Å²) in [5.74, 6) is -1.64. The van der Waals surface area contributed by atoms with Gasteiger partial charge in [0.15, 0.2) is 35.6 Å². The number of Topliss-reactive ketones (excluding diaryl/α,β-unsaturated/α-hetero) is 1. The molecule has 2 bridgehead atoms. The maximum Gasteiger partial charge on any atom is 0.335 e. The van der Waals surface area contributed by atoms with Crippen molar-refractivity contribution in [1.29, 1.82) is 0 Å². The number of hydrogen-bond acceptors (Lipinski definition) is 9. The number of likely N-dealkylation sites (tertiary alicyclic amines) is 1. The topological polar surface area (TPSA) is 254 Å². The van der Waals surface area contributed by atoms with Crippen LogP contribution in [0.2, 0.25) is 0 Å². The van der Waals surface area contributed by atoms with Gasteiger partial charge in [-0.05, 0) is 80.8 Å². The van der Waals surface area contributed by atoms with Crippen molar-refractivity contribution in [3.63, 3.8) is 0 Å². The highest BCUT2D eigenvalue weighted by Gasteiger charge is 2.65. The van der Waals surface area contributed by atoms with E-state index < -0.39 is 36.0 Å². The summed E-state index contributed by atoms with van der Waals surface area (Å²) in [5, 5.41) is 41.4. The second-order valence-corrected chi connectivity index (χ2v) is 13.2. The smallest absolute Gasteiger partial charge is 0.335 e. The molecule has 14 heteroatoms. The first-order valence-electron chi connectivity index (χ1n) is 15.9. The number of aliphatic hydroxyl groups is 2. The largest absolute Gasteiger partial charge is 0.493 e. The van der Waals surface area contributed by atoms with Crippen LogP contribution in [0.25, 0.3) is 0 Å². The maximum absolute atomic E-state index is 12.6. The summed E-state index contributed by atoms with van der Waals surface area (Å²) >= 11 is 0. The zero-order chi connectivity index (χ0) is 34.8. The van der Waals surface area contributed by atoms with Gasteiger partial charge in [0, 0.05) is 23.4 Å². The Bertz CT molecular complexity index is 1480. The Hall–Kier alpha value is -4.08. The fraction of sp³-hybridized carbons (Fsp3) is 0.543. The number of carbonyl (C=O) groups is 4. The minimum Gasteiger partial charge on any atom is -0.493 e. The predicted octanol–water partition coefficient (Wildman–Crippen LogP) is 1.23. The molecule has 2 aromatic carbocycles. The zero-order valence-corrected chi connectivity index (χ0v) is 28.4. The molecule has 1 saturated carbocycles. The van der Waals surface area contributed by atoms with Crippen LogP contribution in [0.15, 0.2) is 36.4 Å². The van der Waals surface area contributed by atoms with Crippen molar-refractivity contribution < 1.29 is 65.1 Å². The zero-order valence-electron chi connectivity index (χ0n) is 28.4. The third-order valence-corrected chi connectivity index (χ3v) is 9.89. The van der Waals surface area contributed by atoms with Crippen LogP contribution < -0.4 is 9.47 Å². The number of nitrogens with zero attached hydrogens (tertiary/aromatic N) is 1. The molecule has 2 fully saturated rings. The monoisotopic (exact) mass is 691 g/mol. The van der Waals surface area contributed by atoms with E-state index in [0.717, 1.165) is 49.3 Å². The van der Waals surface area contributed by atoms with Gasteiger partial charge >= 0.3 is 17.9 Å². The van der Waals surface area contributed by atoms with Crippen molar-refractivity contribution in [2.75, 3.05) is 20.7 Å². The molecule has 49 heavy (non-hydrogen) atoms. The number of benzene rings is 2. The summed E-state index contributed by atoms with van der Waals surface area (Å²) in [4.78, 5) is 45.4. The molecule has 14 nitrogen and oxygen atoms in total. The Morgan fingerprint density at radius 1 is 0.959 bits per heavy atom. The number of aliphatic hydroxyl groups excluding tert-OH is 2. The van der Waals surface area contributed by atoms with E-state index in [1.807, 2.05) is 30.3 Å². The number of carbonyl (C=O) groups excluding carboxylic acids is 1. The van der Waals surface area contributed by atoms with Crippen LogP contribution in [-0.2, 0) is 37.4 Å². The average molecular weight is 692 g/mol. The third kappa shape index (κ3) is 8.05. The van der Waals surface area contributed by atoms with Gasteiger partial charge in [-0.15, -0.1) is 0 Å². The predicted molar refractivity (Wildman–Crippen MR) is 177 cm³/mol. The molecule has 2 aliphatic heterocycles. The Labute approximate surface area is 284 Å². The highest BCUT2D eigenvalue weighted by atomic mass is 16.5. The van der Waals surface area contributed by atoms with E-state index in [0.29, 0.717) is 24.3 Å². The van der Waals surface area contributed by atoms with Crippen molar-refractivity contribution in [2.45, 2.75) is 88.6 Å². The summed E-state index contributed by atoms with van der Waals surface area (Å²) in [6.07, 6.45) is -0.0189.